The van der Waals surface area contributed by atoms with Gasteiger partial charge in [0.05, 0.1) is 22.7 Å². The molecule has 0 spiro atoms. The summed E-state index contributed by atoms with van der Waals surface area (Å²) in [7, 11) is 1.22. The van der Waals surface area contributed by atoms with Gasteiger partial charge in [-0.05, 0) is 24.3 Å². The summed E-state index contributed by atoms with van der Waals surface area (Å²) in [6.07, 6.45) is 0. The number of rotatable bonds is 3. The van der Waals surface area contributed by atoms with Crippen LogP contribution < -0.4 is 0 Å². The third kappa shape index (κ3) is 2.64. The van der Waals surface area contributed by atoms with Gasteiger partial charge in [0.15, 0.2) is 5.76 Å². The number of furan rings is 1. The van der Waals surface area contributed by atoms with E-state index in [1.54, 1.807) is 18.2 Å². The van der Waals surface area contributed by atoms with Gasteiger partial charge in [0.2, 0.25) is 11.5 Å². The van der Waals surface area contributed by atoms with Gasteiger partial charge in [0.1, 0.15) is 0 Å². The highest BCUT2D eigenvalue weighted by Gasteiger charge is 2.21. The fourth-order valence-corrected chi connectivity index (χ4v) is 2.08. The number of ether oxygens (including phenoxy) is 1. The Balaban J connectivity index is 2.40. The number of benzene rings is 1. The van der Waals surface area contributed by atoms with Crippen LogP contribution in [-0.4, -0.2) is 18.9 Å². The van der Waals surface area contributed by atoms with Crippen molar-refractivity contribution in [3.05, 3.63) is 57.5 Å². The molecule has 0 atom stereocenters. The van der Waals surface area contributed by atoms with Crippen LogP contribution in [0.25, 0.3) is 0 Å². The maximum Gasteiger partial charge on any atom is 0.373 e. The van der Waals surface area contributed by atoms with Crippen LogP contribution in [0.2, 0.25) is 10.0 Å². The van der Waals surface area contributed by atoms with Crippen LogP contribution in [-0.2, 0) is 4.74 Å². The number of ketones is 1. The van der Waals surface area contributed by atoms with Crippen molar-refractivity contribution in [3.63, 3.8) is 0 Å². The highest BCUT2D eigenvalue weighted by atomic mass is 35.5. The van der Waals surface area contributed by atoms with Crippen molar-refractivity contribution in [2.75, 3.05) is 7.11 Å². The van der Waals surface area contributed by atoms with E-state index in [0.29, 0.717) is 0 Å². The van der Waals surface area contributed by atoms with Crippen LogP contribution >= 0.6 is 23.2 Å². The summed E-state index contributed by atoms with van der Waals surface area (Å²) < 4.78 is 9.61. The van der Waals surface area contributed by atoms with Crippen LogP contribution in [0.15, 0.2) is 34.7 Å². The van der Waals surface area contributed by atoms with Gasteiger partial charge in [-0.3, -0.25) is 4.79 Å². The molecule has 2 rings (SSSR count). The molecular weight excluding hydrogens is 291 g/mol. The Kier molecular flexibility index (Phi) is 3.93. The maximum absolute atomic E-state index is 12.2. The molecule has 0 N–H and O–H groups in total. The number of hydrogen-bond acceptors (Lipinski definition) is 4. The topological polar surface area (TPSA) is 56.5 Å². The van der Waals surface area contributed by atoms with Crippen LogP contribution in [0.3, 0.4) is 0 Å². The molecule has 0 unspecified atom stereocenters. The lowest BCUT2D eigenvalue weighted by Gasteiger charge is -2.03. The summed E-state index contributed by atoms with van der Waals surface area (Å²) in [6.45, 7) is 0. The molecule has 6 heteroatoms. The molecule has 98 valence electrons. The summed E-state index contributed by atoms with van der Waals surface area (Å²) in [6, 6.07) is 7.44. The van der Waals surface area contributed by atoms with Gasteiger partial charge >= 0.3 is 5.97 Å². The van der Waals surface area contributed by atoms with Gasteiger partial charge in [0.25, 0.3) is 0 Å². The van der Waals surface area contributed by atoms with Crippen LogP contribution in [0.4, 0.5) is 0 Å². The van der Waals surface area contributed by atoms with Crippen LogP contribution in [0.5, 0.6) is 0 Å². The highest BCUT2D eigenvalue weighted by Crippen LogP contribution is 2.27. The van der Waals surface area contributed by atoms with E-state index in [-0.39, 0.29) is 27.1 Å². The SMILES string of the molecule is COC(=O)c1ccc(C(=O)c2c(Cl)cccc2Cl)o1. The average Bonchev–Trinajstić information content (AvgIpc) is 2.87. The zero-order valence-corrected chi connectivity index (χ0v) is 11.3. The average molecular weight is 299 g/mol. The predicted molar refractivity (Wildman–Crippen MR) is 69.9 cm³/mol. The Bertz CT molecular complexity index is 626. The molecule has 1 aromatic heterocycles. The quantitative estimate of drug-likeness (QED) is 0.642. The van der Waals surface area contributed by atoms with Crippen molar-refractivity contribution in [1.82, 2.24) is 0 Å². The van der Waals surface area contributed by atoms with E-state index < -0.39 is 11.8 Å². The van der Waals surface area contributed by atoms with Gasteiger partial charge in [0, 0.05) is 0 Å². The highest BCUT2D eigenvalue weighted by molar-refractivity contribution is 6.40. The number of carbonyl (C=O) groups is 2. The minimum absolute atomic E-state index is 0.0320. The molecule has 0 saturated carbocycles. The van der Waals surface area contributed by atoms with E-state index in [9.17, 15) is 9.59 Å². The Labute approximate surface area is 118 Å². The Morgan fingerprint density at radius 3 is 2.21 bits per heavy atom. The van der Waals surface area contributed by atoms with Crippen LogP contribution in [0.1, 0.15) is 26.7 Å². The predicted octanol–water partition coefficient (Wildman–Crippen LogP) is 3.60. The van der Waals surface area contributed by atoms with E-state index in [1.165, 1.54) is 19.2 Å². The number of carbonyl (C=O) groups excluding carboxylic acids is 2. The first-order valence-corrected chi connectivity index (χ1v) is 5.97. The Morgan fingerprint density at radius 2 is 1.63 bits per heavy atom. The standard InChI is InChI=1S/C13H8Cl2O4/c1-18-13(17)10-6-5-9(19-10)12(16)11-7(14)3-2-4-8(11)15/h2-6H,1H3. The summed E-state index contributed by atoms with van der Waals surface area (Å²) >= 11 is 11.9. The largest absolute Gasteiger partial charge is 0.463 e. The second-order valence-corrected chi connectivity index (χ2v) is 4.40. The molecule has 1 heterocycles. The van der Waals surface area contributed by atoms with Crippen molar-refractivity contribution in [2.24, 2.45) is 0 Å². The van der Waals surface area contributed by atoms with Gasteiger partial charge in [-0.25, -0.2) is 4.79 Å². The number of methoxy groups -OCH3 is 1. The molecule has 0 amide bonds. The zero-order chi connectivity index (χ0) is 14.0. The van der Waals surface area contributed by atoms with Crippen molar-refractivity contribution in [1.29, 1.82) is 0 Å². The van der Waals surface area contributed by atoms with E-state index >= 15 is 0 Å². The van der Waals surface area contributed by atoms with Gasteiger partial charge in [-0.2, -0.15) is 0 Å². The van der Waals surface area contributed by atoms with Crippen LogP contribution in [0, 0.1) is 0 Å². The normalized spacial score (nSPS) is 10.3. The second-order valence-electron chi connectivity index (χ2n) is 3.58. The molecule has 0 bridgehead atoms. The molecule has 0 aliphatic rings. The number of halogens is 2. The monoisotopic (exact) mass is 298 g/mol. The lowest BCUT2D eigenvalue weighted by atomic mass is 10.1. The molecule has 0 aliphatic heterocycles. The number of hydrogen-bond donors (Lipinski definition) is 0. The third-order valence-electron chi connectivity index (χ3n) is 2.41. The first-order valence-electron chi connectivity index (χ1n) is 5.21. The lowest BCUT2D eigenvalue weighted by molar-refractivity contribution is 0.0563. The zero-order valence-electron chi connectivity index (χ0n) is 9.78. The van der Waals surface area contributed by atoms with Crippen molar-refractivity contribution >= 4 is 35.0 Å². The summed E-state index contributed by atoms with van der Waals surface area (Å²) in [5.74, 6) is -1.25. The summed E-state index contributed by atoms with van der Waals surface area (Å²) in [5.41, 5.74) is 0.136. The minimum atomic E-state index is -0.663. The Hall–Kier alpha value is -1.78. The fraction of sp³-hybridized carbons (Fsp3) is 0.0769. The van der Waals surface area contributed by atoms with E-state index in [2.05, 4.69) is 4.74 Å². The maximum atomic E-state index is 12.2. The molecule has 0 saturated heterocycles. The molecule has 0 aliphatic carbocycles. The van der Waals surface area contributed by atoms with Crippen molar-refractivity contribution in [3.8, 4) is 0 Å². The molecule has 0 radical (unpaired) electrons. The van der Waals surface area contributed by atoms with E-state index in [1.807, 2.05) is 0 Å². The lowest BCUT2D eigenvalue weighted by Crippen LogP contribution is -2.03. The van der Waals surface area contributed by atoms with Crippen molar-refractivity contribution < 1.29 is 18.7 Å². The van der Waals surface area contributed by atoms with Crippen molar-refractivity contribution in [2.45, 2.75) is 0 Å². The van der Waals surface area contributed by atoms with E-state index in [4.69, 9.17) is 27.6 Å². The first kappa shape index (κ1) is 13.6. The third-order valence-corrected chi connectivity index (χ3v) is 3.04. The molecule has 1 aromatic carbocycles. The number of esters is 1. The minimum Gasteiger partial charge on any atom is -0.463 e. The fourth-order valence-electron chi connectivity index (χ4n) is 1.51. The molecular formula is C13H8Cl2O4. The molecule has 2 aromatic rings. The Morgan fingerprint density at radius 1 is 1.05 bits per heavy atom. The molecule has 0 fully saturated rings. The summed E-state index contributed by atoms with van der Waals surface area (Å²) in [4.78, 5) is 23.4. The van der Waals surface area contributed by atoms with E-state index in [0.717, 1.165) is 0 Å². The second kappa shape index (κ2) is 5.47. The van der Waals surface area contributed by atoms with Gasteiger partial charge in [-0.15, -0.1) is 0 Å². The molecule has 4 nitrogen and oxygen atoms in total. The first-order chi connectivity index (χ1) is 9.04. The summed E-state index contributed by atoms with van der Waals surface area (Å²) in [5, 5.41) is 0.432. The molecule has 19 heavy (non-hydrogen) atoms. The van der Waals surface area contributed by atoms with Gasteiger partial charge in [-0.1, -0.05) is 29.3 Å². The smallest absolute Gasteiger partial charge is 0.373 e. The van der Waals surface area contributed by atoms with Gasteiger partial charge < -0.3 is 9.15 Å².